The van der Waals surface area contributed by atoms with Gasteiger partial charge in [-0.05, 0) is 41.5 Å². The summed E-state index contributed by atoms with van der Waals surface area (Å²) >= 11 is 0. The number of nitrogens with one attached hydrogen (secondary N) is 2. The topological polar surface area (TPSA) is 84.5 Å². The molecular weight excluding hydrogens is 400 g/mol. The summed E-state index contributed by atoms with van der Waals surface area (Å²) < 4.78 is 0. The summed E-state index contributed by atoms with van der Waals surface area (Å²) in [5, 5.41) is 5.46. The lowest BCUT2D eigenvalue weighted by atomic mass is 9.94. The lowest BCUT2D eigenvalue weighted by Crippen LogP contribution is -2.42. The molecular formula is C24H28N8. The van der Waals surface area contributed by atoms with E-state index in [1.54, 1.807) is 0 Å². The van der Waals surface area contributed by atoms with E-state index in [0.29, 0.717) is 6.54 Å². The Morgan fingerprint density at radius 2 is 2.00 bits per heavy atom. The quantitative estimate of drug-likeness (QED) is 0.650. The number of benzene rings is 2. The summed E-state index contributed by atoms with van der Waals surface area (Å²) in [6.45, 7) is 0.665. The Kier molecular flexibility index (Phi) is 5.07. The van der Waals surface area contributed by atoms with Gasteiger partial charge in [-0.3, -0.25) is 4.99 Å². The molecule has 3 heterocycles. The molecule has 0 saturated heterocycles. The number of aliphatic imine (C=N–C) groups is 2. The van der Waals surface area contributed by atoms with Crippen molar-refractivity contribution in [3.8, 4) is 0 Å². The number of fused-ring (bicyclic) bond motifs is 1. The maximum atomic E-state index is 6.05. The summed E-state index contributed by atoms with van der Waals surface area (Å²) in [6.07, 6.45) is 6.00. The summed E-state index contributed by atoms with van der Waals surface area (Å²) in [4.78, 5) is 13.7. The minimum Gasteiger partial charge on any atom is -0.399 e. The Morgan fingerprint density at radius 1 is 1.16 bits per heavy atom. The second-order valence-electron chi connectivity index (χ2n) is 8.41. The number of hydrazine groups is 1. The molecule has 0 saturated carbocycles. The Labute approximate surface area is 188 Å². The second-order valence-corrected chi connectivity index (χ2v) is 8.41. The molecule has 8 heteroatoms. The first-order valence-electron chi connectivity index (χ1n) is 10.7. The number of amidine groups is 2. The van der Waals surface area contributed by atoms with Gasteiger partial charge in [-0.25, -0.2) is 10.4 Å². The van der Waals surface area contributed by atoms with Crippen molar-refractivity contribution in [2.75, 3.05) is 43.6 Å². The van der Waals surface area contributed by atoms with Gasteiger partial charge >= 0.3 is 0 Å². The van der Waals surface area contributed by atoms with E-state index in [1.807, 2.05) is 68.9 Å². The van der Waals surface area contributed by atoms with Crippen LogP contribution in [0.15, 0.2) is 82.7 Å². The van der Waals surface area contributed by atoms with Gasteiger partial charge in [0.25, 0.3) is 0 Å². The van der Waals surface area contributed by atoms with Crippen molar-refractivity contribution in [3.05, 3.63) is 78.3 Å². The van der Waals surface area contributed by atoms with Crippen LogP contribution in [0, 0.1) is 0 Å². The Balaban J connectivity index is 1.38. The molecule has 2 aromatic rings. The van der Waals surface area contributed by atoms with Crippen LogP contribution >= 0.6 is 0 Å². The number of nitrogens with zero attached hydrogens (tertiary/aromatic N) is 5. The zero-order chi connectivity index (χ0) is 22.2. The first-order chi connectivity index (χ1) is 15.5. The predicted octanol–water partition coefficient (Wildman–Crippen LogP) is 2.79. The molecule has 0 aliphatic carbocycles. The van der Waals surface area contributed by atoms with Gasteiger partial charge in [0.1, 0.15) is 0 Å². The average Bonchev–Trinajstić information content (AvgIpc) is 3.38. The maximum Gasteiger partial charge on any atom is 0.173 e. The molecule has 2 atom stereocenters. The van der Waals surface area contributed by atoms with Crippen molar-refractivity contribution in [1.82, 2.24) is 15.3 Å². The van der Waals surface area contributed by atoms with Crippen molar-refractivity contribution >= 4 is 28.7 Å². The molecule has 0 fully saturated rings. The van der Waals surface area contributed by atoms with E-state index < -0.39 is 0 Å². The third-order valence-corrected chi connectivity index (χ3v) is 5.90. The number of nitrogens with two attached hydrogens (primary N) is 1. The van der Waals surface area contributed by atoms with Crippen LogP contribution in [0.3, 0.4) is 0 Å². The highest BCUT2D eigenvalue weighted by molar-refractivity contribution is 6.45. The molecule has 8 nitrogen and oxygen atoms in total. The molecule has 0 spiro atoms. The molecule has 3 aliphatic rings. The SMILES string of the molecule is CN1C=C(C2CN=C3C(Nc4cccc(N(C)C)c4)=NC=CN32)C(c2cccc(N)c2)N1. The average molecular weight is 429 g/mol. The van der Waals surface area contributed by atoms with Crippen LogP contribution in [-0.4, -0.2) is 55.3 Å². The standard InChI is InChI=1S/C24H28N8/c1-30(2)19-9-5-8-18(13-19)28-23-24-27-14-21(32(24)11-10-26-23)20-15-31(3)29-22(20)16-6-4-7-17(25)12-16/h4-13,15,21-22,29H,14,25H2,1-3H3,(H,26,28). The Hall–Kier alpha value is -3.78. The highest BCUT2D eigenvalue weighted by atomic mass is 15.5. The molecule has 4 N–H and O–H groups in total. The fourth-order valence-corrected chi connectivity index (χ4v) is 4.35. The number of rotatable bonds is 4. The van der Waals surface area contributed by atoms with Gasteiger partial charge in [-0.15, -0.1) is 0 Å². The first kappa shape index (κ1) is 20.1. The molecule has 164 valence electrons. The van der Waals surface area contributed by atoms with Crippen LogP contribution in [0.5, 0.6) is 0 Å². The highest BCUT2D eigenvalue weighted by Crippen LogP contribution is 2.35. The van der Waals surface area contributed by atoms with E-state index in [0.717, 1.165) is 34.3 Å². The maximum absolute atomic E-state index is 6.05. The lowest BCUT2D eigenvalue weighted by molar-refractivity contribution is 0.327. The zero-order valence-electron chi connectivity index (χ0n) is 18.5. The van der Waals surface area contributed by atoms with Gasteiger partial charge in [-0.2, -0.15) is 0 Å². The van der Waals surface area contributed by atoms with Crippen LogP contribution in [0.25, 0.3) is 0 Å². The number of hydrogen-bond acceptors (Lipinski definition) is 8. The van der Waals surface area contributed by atoms with Crippen molar-refractivity contribution in [2.45, 2.75) is 12.1 Å². The summed E-state index contributed by atoms with van der Waals surface area (Å²) in [7, 11) is 6.08. The Morgan fingerprint density at radius 3 is 2.81 bits per heavy atom. The van der Waals surface area contributed by atoms with Gasteiger partial charge in [0, 0.05) is 56.8 Å². The van der Waals surface area contributed by atoms with E-state index in [9.17, 15) is 0 Å². The summed E-state index contributed by atoms with van der Waals surface area (Å²) in [5.41, 5.74) is 14.8. The molecule has 0 radical (unpaired) electrons. The van der Waals surface area contributed by atoms with E-state index in [4.69, 9.17) is 10.7 Å². The van der Waals surface area contributed by atoms with Crippen LogP contribution < -0.4 is 21.4 Å². The number of hydrogen-bond donors (Lipinski definition) is 3. The molecule has 2 aromatic carbocycles. The third kappa shape index (κ3) is 3.69. The molecule has 3 aliphatic heterocycles. The van der Waals surface area contributed by atoms with Crippen molar-refractivity contribution in [2.24, 2.45) is 9.98 Å². The second kappa shape index (κ2) is 8.05. The van der Waals surface area contributed by atoms with Crippen LogP contribution in [0.4, 0.5) is 17.1 Å². The zero-order valence-corrected chi connectivity index (χ0v) is 18.5. The molecule has 0 aromatic heterocycles. The van der Waals surface area contributed by atoms with Gasteiger partial charge in [0.2, 0.25) is 0 Å². The molecule has 0 bridgehead atoms. The molecule has 32 heavy (non-hydrogen) atoms. The normalized spacial score (nSPS) is 21.8. The van der Waals surface area contributed by atoms with E-state index in [2.05, 4.69) is 49.9 Å². The largest absolute Gasteiger partial charge is 0.399 e. The number of nitrogen functional groups attached to an aromatic ring is 1. The predicted molar refractivity (Wildman–Crippen MR) is 131 cm³/mol. The van der Waals surface area contributed by atoms with Crippen molar-refractivity contribution in [1.29, 1.82) is 0 Å². The fourth-order valence-electron chi connectivity index (χ4n) is 4.35. The third-order valence-electron chi connectivity index (χ3n) is 5.90. The Bertz CT molecular complexity index is 1150. The minimum atomic E-state index is 0.0449. The summed E-state index contributed by atoms with van der Waals surface area (Å²) in [6, 6.07) is 16.5. The van der Waals surface area contributed by atoms with E-state index in [1.165, 1.54) is 5.57 Å². The molecule has 2 unspecified atom stereocenters. The van der Waals surface area contributed by atoms with Crippen molar-refractivity contribution < 1.29 is 0 Å². The summed E-state index contributed by atoms with van der Waals surface area (Å²) in [5.74, 6) is 1.61. The van der Waals surface area contributed by atoms with Gasteiger partial charge < -0.3 is 25.9 Å². The number of anilines is 3. The minimum absolute atomic E-state index is 0.0449. The van der Waals surface area contributed by atoms with Crippen LogP contribution in [0.1, 0.15) is 11.6 Å². The van der Waals surface area contributed by atoms with Gasteiger partial charge in [-0.1, -0.05) is 18.2 Å². The monoisotopic (exact) mass is 428 g/mol. The first-order valence-corrected chi connectivity index (χ1v) is 10.7. The smallest absolute Gasteiger partial charge is 0.173 e. The highest BCUT2D eigenvalue weighted by Gasteiger charge is 2.38. The van der Waals surface area contributed by atoms with Crippen molar-refractivity contribution in [3.63, 3.8) is 0 Å². The fraction of sp³-hybridized carbons (Fsp3) is 0.250. The van der Waals surface area contributed by atoms with E-state index >= 15 is 0 Å². The van der Waals surface area contributed by atoms with Gasteiger partial charge in [0.15, 0.2) is 11.7 Å². The van der Waals surface area contributed by atoms with Crippen LogP contribution in [0.2, 0.25) is 0 Å². The van der Waals surface area contributed by atoms with E-state index in [-0.39, 0.29) is 12.1 Å². The lowest BCUT2D eigenvalue weighted by Gasteiger charge is -2.30. The van der Waals surface area contributed by atoms with Crippen LogP contribution in [-0.2, 0) is 0 Å². The molecule has 0 amide bonds. The molecule has 5 rings (SSSR count). The van der Waals surface area contributed by atoms with Gasteiger partial charge in [0.05, 0.1) is 18.6 Å².